The van der Waals surface area contributed by atoms with Crippen LogP contribution in [0.4, 0.5) is 5.69 Å². The Hall–Kier alpha value is -3.54. The van der Waals surface area contributed by atoms with Crippen molar-refractivity contribution in [3.8, 4) is 5.75 Å². The van der Waals surface area contributed by atoms with Gasteiger partial charge in [0, 0.05) is 60.5 Å². The summed E-state index contributed by atoms with van der Waals surface area (Å²) in [6.45, 7) is 12.8. The summed E-state index contributed by atoms with van der Waals surface area (Å²) >= 11 is 0. The first-order valence-corrected chi connectivity index (χ1v) is 11.8. The fourth-order valence-corrected chi connectivity index (χ4v) is 4.40. The van der Waals surface area contributed by atoms with Crippen LogP contribution in [0, 0.1) is 13.8 Å². The molecule has 0 spiro atoms. The third-order valence-corrected chi connectivity index (χ3v) is 6.57. The quantitative estimate of drug-likeness (QED) is 0.364. The predicted octanol–water partition coefficient (Wildman–Crippen LogP) is 5.40. The minimum Gasteiger partial charge on any atom is -0.493 e. The predicted molar refractivity (Wildman–Crippen MR) is 136 cm³/mol. The van der Waals surface area contributed by atoms with Gasteiger partial charge in [0.2, 0.25) is 5.91 Å². The standard InChI is InChI=1S/C28H32N2O4/c1-6-33-26-17-27-25(19(3)21(5)34-27)16-24(26)18(2)15-28(32)30-13-11-29(12-14-30)23-9-7-22(8-10-23)20(4)31/h7-10,15-17H,6,11-14H2,1-5H3/b18-15+. The molecule has 0 saturated carbocycles. The highest BCUT2D eigenvalue weighted by molar-refractivity contribution is 5.97. The molecule has 0 aliphatic carbocycles. The molecule has 0 unspecified atom stereocenters. The number of amides is 1. The number of piperazine rings is 1. The molecule has 0 radical (unpaired) electrons. The van der Waals surface area contributed by atoms with Gasteiger partial charge in [-0.05, 0) is 76.1 Å². The van der Waals surface area contributed by atoms with Crippen LogP contribution in [-0.4, -0.2) is 49.4 Å². The number of benzene rings is 2. The molecule has 6 nitrogen and oxygen atoms in total. The monoisotopic (exact) mass is 460 g/mol. The lowest BCUT2D eigenvalue weighted by atomic mass is 10.0. The summed E-state index contributed by atoms with van der Waals surface area (Å²) in [6.07, 6.45) is 1.71. The summed E-state index contributed by atoms with van der Waals surface area (Å²) in [5, 5.41) is 1.04. The van der Waals surface area contributed by atoms with Crippen molar-refractivity contribution >= 4 is 33.9 Å². The lowest BCUT2D eigenvalue weighted by Gasteiger charge is -2.35. The molecule has 1 aliphatic rings. The molecule has 1 aromatic heterocycles. The summed E-state index contributed by atoms with van der Waals surface area (Å²) in [5.74, 6) is 1.69. The van der Waals surface area contributed by atoms with Gasteiger partial charge in [-0.1, -0.05) is 0 Å². The second-order valence-corrected chi connectivity index (χ2v) is 8.80. The van der Waals surface area contributed by atoms with E-state index in [9.17, 15) is 9.59 Å². The first kappa shape index (κ1) is 23.6. The number of carbonyl (C=O) groups excluding carboxylic acids is 2. The molecule has 1 aliphatic heterocycles. The molecule has 1 saturated heterocycles. The maximum Gasteiger partial charge on any atom is 0.246 e. The van der Waals surface area contributed by atoms with Crippen molar-refractivity contribution in [1.82, 2.24) is 4.90 Å². The number of allylic oxidation sites excluding steroid dienone is 1. The van der Waals surface area contributed by atoms with Crippen LogP contribution in [0.15, 0.2) is 46.9 Å². The van der Waals surface area contributed by atoms with Gasteiger partial charge in [0.05, 0.1) is 6.61 Å². The fraction of sp³-hybridized carbons (Fsp3) is 0.357. The highest BCUT2D eigenvalue weighted by atomic mass is 16.5. The average molecular weight is 461 g/mol. The lowest BCUT2D eigenvalue weighted by Crippen LogP contribution is -2.48. The van der Waals surface area contributed by atoms with Crippen molar-refractivity contribution in [1.29, 1.82) is 0 Å². The number of nitrogens with zero attached hydrogens (tertiary/aromatic N) is 2. The Morgan fingerprint density at radius 1 is 1.03 bits per heavy atom. The van der Waals surface area contributed by atoms with E-state index >= 15 is 0 Å². The number of rotatable bonds is 6. The largest absolute Gasteiger partial charge is 0.493 e. The Balaban J connectivity index is 1.49. The Morgan fingerprint density at radius 2 is 1.71 bits per heavy atom. The number of furan rings is 1. The summed E-state index contributed by atoms with van der Waals surface area (Å²) in [5.41, 5.74) is 5.47. The van der Waals surface area contributed by atoms with E-state index in [1.807, 2.05) is 62.9 Å². The van der Waals surface area contributed by atoms with Crippen LogP contribution in [0.1, 0.15) is 48.0 Å². The molecule has 178 valence electrons. The van der Waals surface area contributed by atoms with Gasteiger partial charge < -0.3 is 19.0 Å². The van der Waals surface area contributed by atoms with Crippen molar-refractivity contribution < 1.29 is 18.7 Å². The average Bonchev–Trinajstić information content (AvgIpc) is 3.11. The molecule has 3 aromatic rings. The molecular weight excluding hydrogens is 428 g/mol. The lowest BCUT2D eigenvalue weighted by molar-refractivity contribution is -0.126. The zero-order chi connectivity index (χ0) is 24.4. The maximum absolute atomic E-state index is 13.1. The summed E-state index contributed by atoms with van der Waals surface area (Å²) in [6, 6.07) is 11.7. The number of carbonyl (C=O) groups is 2. The Kier molecular flexibility index (Phi) is 6.77. The highest BCUT2D eigenvalue weighted by Crippen LogP contribution is 2.35. The van der Waals surface area contributed by atoms with E-state index in [4.69, 9.17) is 9.15 Å². The second kappa shape index (κ2) is 9.75. The maximum atomic E-state index is 13.1. The van der Waals surface area contributed by atoms with Gasteiger partial charge in [-0.25, -0.2) is 0 Å². The van der Waals surface area contributed by atoms with E-state index in [2.05, 4.69) is 11.0 Å². The molecule has 2 aromatic carbocycles. The van der Waals surface area contributed by atoms with Crippen LogP contribution in [0.2, 0.25) is 0 Å². The molecule has 0 bridgehead atoms. The number of hydrogen-bond donors (Lipinski definition) is 0. The van der Waals surface area contributed by atoms with Gasteiger partial charge in [-0.15, -0.1) is 0 Å². The second-order valence-electron chi connectivity index (χ2n) is 8.80. The number of fused-ring (bicyclic) bond motifs is 1. The molecule has 4 rings (SSSR count). The normalized spacial score (nSPS) is 14.6. The molecule has 0 atom stereocenters. The van der Waals surface area contributed by atoms with Gasteiger partial charge in [0.25, 0.3) is 0 Å². The number of aryl methyl sites for hydroxylation is 2. The molecule has 2 heterocycles. The van der Waals surface area contributed by atoms with E-state index < -0.39 is 0 Å². The van der Waals surface area contributed by atoms with E-state index in [-0.39, 0.29) is 11.7 Å². The Bertz CT molecular complexity index is 1250. The van der Waals surface area contributed by atoms with E-state index in [1.165, 1.54) is 0 Å². The zero-order valence-corrected chi connectivity index (χ0v) is 20.6. The van der Waals surface area contributed by atoms with Crippen LogP contribution >= 0.6 is 0 Å². The van der Waals surface area contributed by atoms with Crippen LogP contribution in [0.25, 0.3) is 16.5 Å². The van der Waals surface area contributed by atoms with Crippen LogP contribution in [-0.2, 0) is 4.79 Å². The fourth-order valence-electron chi connectivity index (χ4n) is 4.40. The smallest absolute Gasteiger partial charge is 0.246 e. The highest BCUT2D eigenvalue weighted by Gasteiger charge is 2.21. The molecule has 0 N–H and O–H groups in total. The van der Waals surface area contributed by atoms with E-state index in [0.717, 1.165) is 58.0 Å². The summed E-state index contributed by atoms with van der Waals surface area (Å²) < 4.78 is 11.7. The molecule has 34 heavy (non-hydrogen) atoms. The molecule has 1 amide bonds. The third-order valence-electron chi connectivity index (χ3n) is 6.57. The topological polar surface area (TPSA) is 63.0 Å². The van der Waals surface area contributed by atoms with Crippen LogP contribution in [0.5, 0.6) is 5.75 Å². The van der Waals surface area contributed by atoms with Crippen molar-refractivity contribution in [3.63, 3.8) is 0 Å². The summed E-state index contributed by atoms with van der Waals surface area (Å²) in [7, 11) is 0. The van der Waals surface area contributed by atoms with Gasteiger partial charge in [0.15, 0.2) is 5.78 Å². The van der Waals surface area contributed by atoms with E-state index in [1.54, 1.807) is 13.0 Å². The first-order chi connectivity index (χ1) is 16.3. The third kappa shape index (κ3) is 4.72. The number of ketones is 1. The van der Waals surface area contributed by atoms with Crippen molar-refractivity contribution in [2.24, 2.45) is 0 Å². The van der Waals surface area contributed by atoms with Gasteiger partial charge >= 0.3 is 0 Å². The van der Waals surface area contributed by atoms with Gasteiger partial charge in [-0.2, -0.15) is 0 Å². The van der Waals surface area contributed by atoms with Crippen LogP contribution in [0.3, 0.4) is 0 Å². The zero-order valence-electron chi connectivity index (χ0n) is 20.6. The number of Topliss-reactive ketones (excluding diaryl/α,β-unsaturated/α-hetero) is 1. The van der Waals surface area contributed by atoms with Crippen molar-refractivity contribution in [3.05, 3.63) is 64.9 Å². The molecule has 1 fully saturated rings. The Morgan fingerprint density at radius 3 is 2.32 bits per heavy atom. The van der Waals surface area contributed by atoms with Crippen molar-refractivity contribution in [2.75, 3.05) is 37.7 Å². The minimum absolute atomic E-state index is 0.00622. The number of anilines is 1. The molecular formula is C28H32N2O4. The number of hydrogen-bond acceptors (Lipinski definition) is 5. The molecule has 6 heteroatoms. The van der Waals surface area contributed by atoms with Crippen LogP contribution < -0.4 is 9.64 Å². The first-order valence-electron chi connectivity index (χ1n) is 11.8. The minimum atomic E-state index is 0.00622. The van der Waals surface area contributed by atoms with Crippen molar-refractivity contribution in [2.45, 2.75) is 34.6 Å². The number of ether oxygens (including phenoxy) is 1. The Labute approximate surface area is 200 Å². The van der Waals surface area contributed by atoms with Gasteiger partial charge in [-0.3, -0.25) is 9.59 Å². The van der Waals surface area contributed by atoms with E-state index in [0.29, 0.717) is 25.3 Å². The SMILES string of the molecule is CCOc1cc2oc(C)c(C)c2cc1/C(C)=C/C(=O)N1CCN(c2ccc(C(C)=O)cc2)CC1. The summed E-state index contributed by atoms with van der Waals surface area (Å²) in [4.78, 5) is 28.7. The van der Waals surface area contributed by atoms with Gasteiger partial charge in [0.1, 0.15) is 17.1 Å².